The Kier molecular flexibility index (Phi) is 2.09. The first-order valence-corrected chi connectivity index (χ1v) is 4.84. The van der Waals surface area contributed by atoms with Crippen molar-refractivity contribution < 1.29 is 4.79 Å². The molecule has 1 aliphatic rings. The van der Waals surface area contributed by atoms with Gasteiger partial charge in [0.15, 0.2) is 0 Å². The molecule has 1 aliphatic carbocycles. The third-order valence-corrected chi connectivity index (χ3v) is 3.32. The summed E-state index contributed by atoms with van der Waals surface area (Å²) in [7, 11) is 0. The molecular weight excluding hydrogens is 207 g/mol. The van der Waals surface area contributed by atoms with Crippen LogP contribution in [0.1, 0.15) is 12.0 Å². The molecule has 1 saturated carbocycles. The van der Waals surface area contributed by atoms with Gasteiger partial charge in [-0.1, -0.05) is 30.3 Å². The molecule has 1 nitrogen and oxygen atoms in total. The minimum Gasteiger partial charge on any atom is -0.281 e. The SMILES string of the molecule is O=C(Cl)C1CC1(Cl)c1ccccc1. The minimum absolute atomic E-state index is 0.210. The maximum absolute atomic E-state index is 10.9. The van der Waals surface area contributed by atoms with Crippen LogP contribution >= 0.6 is 23.2 Å². The summed E-state index contributed by atoms with van der Waals surface area (Å²) >= 11 is 11.6. The number of carbonyl (C=O) groups excluding carboxylic acids is 1. The largest absolute Gasteiger partial charge is 0.281 e. The molecule has 0 N–H and O–H groups in total. The number of benzene rings is 1. The van der Waals surface area contributed by atoms with E-state index in [1.165, 1.54) is 0 Å². The Balaban J connectivity index is 2.25. The lowest BCUT2D eigenvalue weighted by Gasteiger charge is -2.06. The summed E-state index contributed by atoms with van der Waals surface area (Å²) in [6.45, 7) is 0. The van der Waals surface area contributed by atoms with E-state index in [1.807, 2.05) is 30.3 Å². The Morgan fingerprint density at radius 2 is 2.00 bits per heavy atom. The van der Waals surface area contributed by atoms with Gasteiger partial charge in [-0.25, -0.2) is 0 Å². The zero-order chi connectivity index (χ0) is 9.47. The first-order chi connectivity index (χ1) is 6.14. The number of hydrogen-bond acceptors (Lipinski definition) is 1. The summed E-state index contributed by atoms with van der Waals surface area (Å²) < 4.78 is 0. The molecule has 3 heteroatoms. The minimum atomic E-state index is -0.528. The average molecular weight is 215 g/mol. The highest BCUT2D eigenvalue weighted by Crippen LogP contribution is 2.58. The molecule has 0 spiro atoms. The van der Waals surface area contributed by atoms with Crippen molar-refractivity contribution in [3.63, 3.8) is 0 Å². The van der Waals surface area contributed by atoms with Crippen molar-refractivity contribution in [1.82, 2.24) is 0 Å². The van der Waals surface area contributed by atoms with Crippen LogP contribution in [0.4, 0.5) is 0 Å². The number of alkyl halides is 1. The standard InChI is InChI=1S/C10H8Cl2O/c11-9(13)8-6-10(8,12)7-4-2-1-3-5-7/h1-5,8H,6H2. The molecule has 0 bridgehead atoms. The predicted molar refractivity (Wildman–Crippen MR) is 52.9 cm³/mol. The average Bonchev–Trinajstić information content (AvgIpc) is 2.82. The molecule has 1 aromatic carbocycles. The quantitative estimate of drug-likeness (QED) is 0.547. The van der Waals surface area contributed by atoms with E-state index in [0.29, 0.717) is 6.42 Å². The van der Waals surface area contributed by atoms with Crippen LogP contribution in [-0.4, -0.2) is 5.24 Å². The van der Waals surface area contributed by atoms with E-state index in [2.05, 4.69) is 0 Å². The second-order valence-electron chi connectivity index (χ2n) is 3.29. The second-order valence-corrected chi connectivity index (χ2v) is 4.34. The molecule has 2 rings (SSSR count). The Labute approximate surface area is 86.7 Å². The smallest absolute Gasteiger partial charge is 0.226 e. The molecule has 13 heavy (non-hydrogen) atoms. The Bertz CT molecular complexity index is 336. The molecule has 2 unspecified atom stereocenters. The van der Waals surface area contributed by atoms with Gasteiger partial charge in [0.1, 0.15) is 0 Å². The van der Waals surface area contributed by atoms with Gasteiger partial charge in [0.25, 0.3) is 0 Å². The highest BCUT2D eigenvalue weighted by atomic mass is 35.5. The van der Waals surface area contributed by atoms with Crippen molar-refractivity contribution in [1.29, 1.82) is 0 Å². The summed E-state index contributed by atoms with van der Waals surface area (Å²) in [5, 5.41) is -0.334. The van der Waals surface area contributed by atoms with Crippen LogP contribution in [0, 0.1) is 5.92 Å². The van der Waals surface area contributed by atoms with E-state index < -0.39 is 4.87 Å². The fourth-order valence-electron chi connectivity index (χ4n) is 1.53. The van der Waals surface area contributed by atoms with E-state index in [4.69, 9.17) is 23.2 Å². The van der Waals surface area contributed by atoms with Crippen LogP contribution in [0.2, 0.25) is 0 Å². The van der Waals surface area contributed by atoms with Crippen molar-refractivity contribution in [2.75, 3.05) is 0 Å². The van der Waals surface area contributed by atoms with Gasteiger partial charge in [-0.3, -0.25) is 4.79 Å². The van der Waals surface area contributed by atoms with E-state index in [0.717, 1.165) is 5.56 Å². The van der Waals surface area contributed by atoms with Crippen molar-refractivity contribution in [2.24, 2.45) is 5.92 Å². The maximum Gasteiger partial charge on any atom is 0.226 e. The van der Waals surface area contributed by atoms with Gasteiger partial charge < -0.3 is 0 Å². The molecule has 0 amide bonds. The molecule has 0 heterocycles. The molecular formula is C10H8Cl2O. The van der Waals surface area contributed by atoms with E-state index in [1.54, 1.807) is 0 Å². The Hall–Kier alpha value is -0.530. The molecule has 0 aromatic heterocycles. The van der Waals surface area contributed by atoms with Crippen LogP contribution < -0.4 is 0 Å². The van der Waals surface area contributed by atoms with Crippen LogP contribution in [0.5, 0.6) is 0 Å². The molecule has 2 atom stereocenters. The number of carbonyl (C=O) groups is 1. The topological polar surface area (TPSA) is 17.1 Å². The van der Waals surface area contributed by atoms with Crippen molar-refractivity contribution in [2.45, 2.75) is 11.3 Å². The monoisotopic (exact) mass is 214 g/mol. The first kappa shape index (κ1) is 9.04. The molecule has 68 valence electrons. The van der Waals surface area contributed by atoms with Crippen LogP contribution in [-0.2, 0) is 9.67 Å². The zero-order valence-electron chi connectivity index (χ0n) is 6.84. The van der Waals surface area contributed by atoms with Gasteiger partial charge in [0.05, 0.1) is 10.8 Å². The summed E-state index contributed by atoms with van der Waals surface area (Å²) in [5.41, 5.74) is 0.982. The maximum atomic E-state index is 10.9. The van der Waals surface area contributed by atoms with Gasteiger partial charge >= 0.3 is 0 Å². The molecule has 0 saturated heterocycles. The van der Waals surface area contributed by atoms with Gasteiger partial charge in [0, 0.05) is 0 Å². The Morgan fingerprint density at radius 3 is 2.46 bits per heavy atom. The van der Waals surface area contributed by atoms with Gasteiger partial charge in [-0.05, 0) is 23.6 Å². The van der Waals surface area contributed by atoms with Crippen molar-refractivity contribution in [3.05, 3.63) is 35.9 Å². The number of halogens is 2. The van der Waals surface area contributed by atoms with E-state index >= 15 is 0 Å². The number of hydrogen-bond donors (Lipinski definition) is 0. The zero-order valence-corrected chi connectivity index (χ0v) is 8.35. The highest BCUT2D eigenvalue weighted by Gasteiger charge is 2.57. The predicted octanol–water partition coefficient (Wildman–Crippen LogP) is 2.91. The fourth-order valence-corrected chi connectivity index (χ4v) is 2.23. The van der Waals surface area contributed by atoms with Crippen molar-refractivity contribution in [3.8, 4) is 0 Å². The third kappa shape index (κ3) is 1.47. The molecule has 1 aromatic rings. The highest BCUT2D eigenvalue weighted by molar-refractivity contribution is 6.65. The van der Waals surface area contributed by atoms with E-state index in [-0.39, 0.29) is 11.2 Å². The van der Waals surface area contributed by atoms with Crippen LogP contribution in [0.25, 0.3) is 0 Å². The van der Waals surface area contributed by atoms with Gasteiger partial charge in [-0.2, -0.15) is 0 Å². The van der Waals surface area contributed by atoms with Gasteiger partial charge in [-0.15, -0.1) is 11.6 Å². The van der Waals surface area contributed by atoms with Crippen molar-refractivity contribution >= 4 is 28.4 Å². The lowest BCUT2D eigenvalue weighted by molar-refractivity contribution is -0.112. The molecule has 1 fully saturated rings. The van der Waals surface area contributed by atoms with Crippen LogP contribution in [0.3, 0.4) is 0 Å². The fraction of sp³-hybridized carbons (Fsp3) is 0.300. The van der Waals surface area contributed by atoms with Crippen LogP contribution in [0.15, 0.2) is 30.3 Å². The lowest BCUT2D eigenvalue weighted by Crippen LogP contribution is -2.04. The third-order valence-electron chi connectivity index (χ3n) is 2.42. The number of rotatable bonds is 2. The summed E-state index contributed by atoms with van der Waals surface area (Å²) in [4.78, 5) is 10.3. The second kappa shape index (κ2) is 3.00. The summed E-state index contributed by atoms with van der Waals surface area (Å²) in [6.07, 6.45) is 0.654. The van der Waals surface area contributed by atoms with Gasteiger partial charge in [0.2, 0.25) is 5.24 Å². The molecule has 0 aliphatic heterocycles. The normalized spacial score (nSPS) is 31.4. The summed E-state index contributed by atoms with van der Waals surface area (Å²) in [6, 6.07) is 9.59. The first-order valence-electron chi connectivity index (χ1n) is 4.08. The molecule has 0 radical (unpaired) electrons. The lowest BCUT2D eigenvalue weighted by atomic mass is 10.1. The van der Waals surface area contributed by atoms with E-state index in [9.17, 15) is 4.79 Å². The summed E-state index contributed by atoms with van der Waals surface area (Å²) in [5.74, 6) is -0.210. The Morgan fingerprint density at radius 1 is 1.38 bits per heavy atom.